The second-order valence-electron chi connectivity index (χ2n) is 17.4. The molecule has 1 aliphatic carbocycles. The minimum atomic E-state index is -0.0898. The monoisotopic (exact) mass is 1360 g/mol. The smallest absolute Gasteiger partial charge is 0.0572 e. The number of benzene rings is 2. The van der Waals surface area contributed by atoms with Crippen LogP contribution < -0.4 is 0 Å². The molecule has 1 aliphatic rings. The zero-order valence-corrected chi connectivity index (χ0v) is 50.1. The van der Waals surface area contributed by atoms with Gasteiger partial charge in [0, 0.05) is 98.9 Å². The Hall–Kier alpha value is -2.34. The number of hydrogen-bond acceptors (Lipinski definition) is 12. The van der Waals surface area contributed by atoms with Crippen LogP contribution in [-0.4, -0.2) is 17.5 Å². The van der Waals surface area contributed by atoms with Crippen molar-refractivity contribution in [1.29, 1.82) is 0 Å². The minimum Gasteiger partial charge on any atom is -0.224 e. The molecule has 0 saturated heterocycles. The summed E-state index contributed by atoms with van der Waals surface area (Å²) in [5, 5.41) is 4.29. The molecule has 8 aromatic heterocycles. The maximum absolute atomic E-state index is 5.02. The Labute approximate surface area is 455 Å². The fourth-order valence-electron chi connectivity index (χ4n) is 10.1. The molecule has 8 heterocycles. The van der Waals surface area contributed by atoms with Gasteiger partial charge in [-0.15, -0.1) is 80.7 Å². The van der Waals surface area contributed by atoms with E-state index in [2.05, 4.69) is 123 Å². The molecule has 4 nitrogen and oxygen atoms in total. The van der Waals surface area contributed by atoms with Crippen LogP contribution in [0.3, 0.4) is 0 Å². The van der Waals surface area contributed by atoms with E-state index in [0.29, 0.717) is 11.8 Å². The van der Waals surface area contributed by atoms with Gasteiger partial charge in [-0.3, -0.25) is 0 Å². The molecule has 67 heavy (non-hydrogen) atoms. The van der Waals surface area contributed by atoms with Crippen molar-refractivity contribution in [1.82, 2.24) is 17.5 Å². The second-order valence-corrected chi connectivity index (χ2v) is 24.6. The summed E-state index contributed by atoms with van der Waals surface area (Å²) >= 11 is 13.8. The summed E-state index contributed by atoms with van der Waals surface area (Å²) in [6.07, 6.45) is 12.3. The molecule has 0 radical (unpaired) electrons. The quantitative estimate of drug-likeness (QED) is 0.0804. The van der Waals surface area contributed by atoms with Gasteiger partial charge in [0.1, 0.15) is 0 Å². The van der Waals surface area contributed by atoms with Gasteiger partial charge in [0.25, 0.3) is 0 Å². The summed E-state index contributed by atoms with van der Waals surface area (Å²) in [5.41, 5.74) is 11.2. The van der Waals surface area contributed by atoms with Crippen LogP contribution in [0.4, 0.5) is 0 Å². The van der Waals surface area contributed by atoms with Crippen molar-refractivity contribution in [2.75, 3.05) is 0 Å². The molecule has 2 unspecified atom stereocenters. The molecule has 342 valence electrons. The molecular formula is C53H48N4S8W2-2. The van der Waals surface area contributed by atoms with E-state index in [1.54, 1.807) is 22.7 Å². The predicted molar refractivity (Wildman–Crippen MR) is 288 cm³/mol. The molecule has 0 fully saturated rings. The van der Waals surface area contributed by atoms with Crippen LogP contribution in [0.25, 0.3) is 93.1 Å². The van der Waals surface area contributed by atoms with Crippen LogP contribution in [0, 0.1) is 24.0 Å². The fraction of sp³-hybridized carbons (Fsp3) is 0.321. The van der Waals surface area contributed by atoms with E-state index in [0.717, 1.165) is 44.3 Å². The van der Waals surface area contributed by atoms with E-state index in [4.69, 9.17) is 17.5 Å². The van der Waals surface area contributed by atoms with Gasteiger partial charge in [-0.2, -0.15) is 31.4 Å². The van der Waals surface area contributed by atoms with Gasteiger partial charge in [-0.25, -0.2) is 8.75 Å². The van der Waals surface area contributed by atoms with Gasteiger partial charge in [0.2, 0.25) is 0 Å². The molecule has 10 aromatic rings. The Morgan fingerprint density at radius 3 is 1.34 bits per heavy atom. The Morgan fingerprint density at radius 2 is 0.940 bits per heavy atom. The average Bonchev–Trinajstić information content (AvgIpc) is 4.16. The molecule has 0 bridgehead atoms. The number of rotatable bonds is 18. The molecule has 2 aromatic carbocycles. The van der Waals surface area contributed by atoms with Crippen LogP contribution in [0.15, 0.2) is 83.6 Å². The minimum absolute atomic E-state index is 0. The Balaban J connectivity index is 0.00000281. The first-order chi connectivity index (χ1) is 32.0. The van der Waals surface area contributed by atoms with Crippen LogP contribution in [0.1, 0.15) is 103 Å². The van der Waals surface area contributed by atoms with Crippen molar-refractivity contribution in [3.8, 4) is 71.0 Å². The van der Waals surface area contributed by atoms with Crippen molar-refractivity contribution in [2.45, 2.75) is 97.3 Å². The van der Waals surface area contributed by atoms with Gasteiger partial charge in [0.05, 0.1) is 23.5 Å². The molecule has 0 saturated carbocycles. The summed E-state index contributed by atoms with van der Waals surface area (Å²) < 4.78 is 19.9. The van der Waals surface area contributed by atoms with Crippen molar-refractivity contribution < 1.29 is 42.1 Å². The first kappa shape index (κ1) is 49.6. The summed E-state index contributed by atoms with van der Waals surface area (Å²) in [6, 6.07) is 34.7. The van der Waals surface area contributed by atoms with Crippen molar-refractivity contribution in [3.63, 3.8) is 0 Å². The normalized spacial score (nSPS) is 13.7. The predicted octanol–water partition coefficient (Wildman–Crippen LogP) is 19.1. The Morgan fingerprint density at radius 1 is 0.507 bits per heavy atom. The van der Waals surface area contributed by atoms with Gasteiger partial charge >= 0.3 is 0 Å². The molecule has 0 aliphatic heterocycles. The standard InChI is InChI=1S/C53H48N4S8.2W/c1-5-9-13-31(7-3)29-53(30-32(8-4)14-10-6-2)37-27-45(35-19-17-33(47-49(35)56-64-54-47)39-21-23-43(60-39)41-15-11-25-58-41)62-51(37)52-38(53)28-46(63-52)36-20-18-34(48-50(36)57-65-55-48)40-22-24-44(61-40)42-16-12-26-59-42;;/h11-12,15-16,19-28,31-32H,5-10,13-14,29-30H2,1-4H3;;/q-2;;. The maximum atomic E-state index is 5.02. The number of nitrogens with zero attached hydrogens (tertiary/aromatic N) is 4. The van der Waals surface area contributed by atoms with Crippen LogP contribution in [0.2, 0.25) is 0 Å². The van der Waals surface area contributed by atoms with Crippen molar-refractivity contribution in [2.24, 2.45) is 11.8 Å². The second kappa shape index (κ2) is 21.6. The number of thiophene rings is 6. The van der Waals surface area contributed by atoms with E-state index < -0.39 is 0 Å². The molecule has 0 spiro atoms. The Kier molecular flexibility index (Phi) is 16.0. The van der Waals surface area contributed by atoms with Gasteiger partial charge in [-0.1, -0.05) is 127 Å². The summed E-state index contributed by atoms with van der Waals surface area (Å²) in [6.45, 7) is 9.55. The summed E-state index contributed by atoms with van der Waals surface area (Å²) in [7, 11) is 0. The third-order valence-electron chi connectivity index (χ3n) is 13.5. The van der Waals surface area contributed by atoms with Crippen LogP contribution in [0.5, 0.6) is 0 Å². The van der Waals surface area contributed by atoms with Crippen molar-refractivity contribution >= 4 is 114 Å². The average molecular weight is 1370 g/mol. The third-order valence-corrected chi connectivity index (χ3v) is 21.4. The van der Waals surface area contributed by atoms with Crippen LogP contribution in [-0.2, 0) is 47.5 Å². The van der Waals surface area contributed by atoms with E-state index in [1.807, 2.05) is 45.3 Å². The van der Waals surface area contributed by atoms with Crippen LogP contribution >= 0.6 is 91.5 Å². The van der Waals surface area contributed by atoms with E-state index in [-0.39, 0.29) is 47.5 Å². The van der Waals surface area contributed by atoms with E-state index in [9.17, 15) is 0 Å². The molecule has 11 rings (SSSR count). The molecule has 14 heteroatoms. The molecule has 0 amide bonds. The molecule has 2 atom stereocenters. The zero-order valence-electron chi connectivity index (χ0n) is 37.7. The SMILES string of the molecule is CCCCC(CC)CC1(CC(CC)CCCC)c2cc(-c3c[c-]c(-c4ccc(-c5cccs5)s4)c4nsnc34)sc2-c2sc(-c3c[c-]c(-c4ccc(-c5cccs5)s4)c4nsnc34)cc21.[W].[W]. The van der Waals surface area contributed by atoms with E-state index >= 15 is 0 Å². The summed E-state index contributed by atoms with van der Waals surface area (Å²) in [5.74, 6) is 1.28. The summed E-state index contributed by atoms with van der Waals surface area (Å²) in [4.78, 5) is 12.9. The first-order valence-electron chi connectivity index (χ1n) is 22.9. The number of hydrogen-bond donors (Lipinski definition) is 0. The van der Waals surface area contributed by atoms with Gasteiger partial charge in [0.15, 0.2) is 0 Å². The number of unbranched alkanes of at least 4 members (excludes halogenated alkanes) is 2. The zero-order chi connectivity index (χ0) is 44.1. The van der Waals surface area contributed by atoms with Gasteiger partial charge in [-0.05, 0) is 90.3 Å². The van der Waals surface area contributed by atoms with E-state index in [1.165, 1.54) is 148 Å². The fourth-order valence-corrected chi connectivity index (χ4v) is 17.6. The molecule has 0 N–H and O–H groups in total. The van der Waals surface area contributed by atoms with Crippen molar-refractivity contribution in [3.05, 3.63) is 107 Å². The largest absolute Gasteiger partial charge is 0.224 e. The Bertz CT molecular complexity index is 3000. The van der Waals surface area contributed by atoms with Gasteiger partial charge < -0.3 is 0 Å². The number of fused-ring (bicyclic) bond motifs is 5. The topological polar surface area (TPSA) is 51.6 Å². The maximum Gasteiger partial charge on any atom is 0.0572 e. The number of aromatic nitrogens is 4. The molecular weight excluding hydrogens is 1320 g/mol. The third kappa shape index (κ3) is 9.26. The first-order valence-corrected chi connectivity index (χ1v) is 29.4.